The maximum atomic E-state index is 3.15. The van der Waals surface area contributed by atoms with Crippen LogP contribution >= 0.6 is 0 Å². The zero-order chi connectivity index (χ0) is 8.53. The Morgan fingerprint density at radius 3 is 2.36 bits per heavy atom. The van der Waals surface area contributed by atoms with Crippen molar-refractivity contribution in [3.05, 3.63) is 11.6 Å². The SMILES string of the molecule is CCCC#CCCC=C(C)C. The van der Waals surface area contributed by atoms with Gasteiger partial charge in [0.05, 0.1) is 0 Å². The van der Waals surface area contributed by atoms with Gasteiger partial charge in [0, 0.05) is 12.8 Å². The lowest BCUT2D eigenvalue weighted by Crippen LogP contribution is -1.69. The topological polar surface area (TPSA) is 0 Å². The van der Waals surface area contributed by atoms with Gasteiger partial charge in [-0.2, -0.15) is 0 Å². The predicted molar refractivity (Wildman–Crippen MR) is 51.3 cm³/mol. The van der Waals surface area contributed by atoms with Crippen LogP contribution in [-0.2, 0) is 0 Å². The van der Waals surface area contributed by atoms with Crippen LogP contribution in [0.25, 0.3) is 0 Å². The maximum absolute atomic E-state index is 3.15. The largest absolute Gasteiger partial charge is 0.103 e. The Morgan fingerprint density at radius 1 is 1.18 bits per heavy atom. The summed E-state index contributed by atoms with van der Waals surface area (Å²) in [5.74, 6) is 6.28. The molecule has 0 saturated heterocycles. The maximum Gasteiger partial charge on any atom is 0.0123 e. The molecule has 0 aromatic heterocycles. The molecule has 0 atom stereocenters. The highest BCUT2D eigenvalue weighted by molar-refractivity contribution is 5.01. The van der Waals surface area contributed by atoms with E-state index in [1.807, 2.05) is 0 Å². The molecule has 0 spiro atoms. The van der Waals surface area contributed by atoms with Gasteiger partial charge in [0.25, 0.3) is 0 Å². The average molecular weight is 150 g/mol. The fraction of sp³-hybridized carbons (Fsp3) is 0.636. The normalized spacial score (nSPS) is 8.27. The molecule has 0 radical (unpaired) electrons. The molecule has 0 bridgehead atoms. The summed E-state index contributed by atoms with van der Waals surface area (Å²) in [4.78, 5) is 0. The molecule has 0 heteroatoms. The number of hydrogen-bond donors (Lipinski definition) is 0. The number of rotatable bonds is 3. The number of hydrogen-bond acceptors (Lipinski definition) is 0. The lowest BCUT2D eigenvalue weighted by atomic mass is 10.2. The average Bonchev–Trinajstić information content (AvgIpc) is 1.96. The van der Waals surface area contributed by atoms with Crippen molar-refractivity contribution in [1.29, 1.82) is 0 Å². The molecule has 0 amide bonds. The van der Waals surface area contributed by atoms with Crippen LogP contribution in [0.2, 0.25) is 0 Å². The molecule has 0 N–H and O–H groups in total. The third-order valence-electron chi connectivity index (χ3n) is 1.32. The van der Waals surface area contributed by atoms with Gasteiger partial charge in [-0.1, -0.05) is 18.6 Å². The first-order chi connectivity index (χ1) is 5.27. The highest BCUT2D eigenvalue weighted by Crippen LogP contribution is 1.95. The van der Waals surface area contributed by atoms with Crippen molar-refractivity contribution in [3.8, 4) is 11.8 Å². The summed E-state index contributed by atoms with van der Waals surface area (Å²) >= 11 is 0. The molecule has 0 unspecified atom stereocenters. The fourth-order valence-electron chi connectivity index (χ4n) is 0.735. The monoisotopic (exact) mass is 150 g/mol. The van der Waals surface area contributed by atoms with Crippen molar-refractivity contribution in [2.45, 2.75) is 46.5 Å². The van der Waals surface area contributed by atoms with Crippen molar-refractivity contribution in [2.75, 3.05) is 0 Å². The van der Waals surface area contributed by atoms with E-state index >= 15 is 0 Å². The van der Waals surface area contributed by atoms with E-state index in [2.05, 4.69) is 38.7 Å². The van der Waals surface area contributed by atoms with Crippen molar-refractivity contribution in [2.24, 2.45) is 0 Å². The van der Waals surface area contributed by atoms with Crippen molar-refractivity contribution < 1.29 is 0 Å². The van der Waals surface area contributed by atoms with Crippen molar-refractivity contribution in [1.82, 2.24) is 0 Å². The Kier molecular flexibility index (Phi) is 6.94. The van der Waals surface area contributed by atoms with Crippen molar-refractivity contribution >= 4 is 0 Å². The molecule has 0 fully saturated rings. The molecule has 0 aromatic rings. The summed E-state index contributed by atoms with van der Waals surface area (Å²) in [6, 6.07) is 0. The summed E-state index contributed by atoms with van der Waals surface area (Å²) in [6.45, 7) is 6.41. The van der Waals surface area contributed by atoms with Gasteiger partial charge in [0.1, 0.15) is 0 Å². The van der Waals surface area contributed by atoms with Gasteiger partial charge in [0.15, 0.2) is 0 Å². The van der Waals surface area contributed by atoms with E-state index in [0.29, 0.717) is 0 Å². The number of allylic oxidation sites excluding steroid dienone is 2. The molecular formula is C11H18. The second kappa shape index (κ2) is 7.41. The molecule has 0 aliphatic carbocycles. The van der Waals surface area contributed by atoms with E-state index in [4.69, 9.17) is 0 Å². The number of unbranched alkanes of at least 4 members (excludes halogenated alkanes) is 2. The molecule has 0 aliphatic heterocycles. The van der Waals surface area contributed by atoms with Gasteiger partial charge in [0.2, 0.25) is 0 Å². The molecule has 11 heavy (non-hydrogen) atoms. The van der Waals surface area contributed by atoms with Gasteiger partial charge in [-0.15, -0.1) is 11.8 Å². The molecule has 0 heterocycles. The summed E-state index contributed by atoms with van der Waals surface area (Å²) in [6.07, 6.45) is 6.59. The van der Waals surface area contributed by atoms with E-state index in [1.54, 1.807) is 0 Å². The van der Waals surface area contributed by atoms with Crippen LogP contribution < -0.4 is 0 Å². The first kappa shape index (κ1) is 10.3. The minimum Gasteiger partial charge on any atom is -0.103 e. The molecular weight excluding hydrogens is 132 g/mol. The Hall–Kier alpha value is -0.700. The Bertz CT molecular complexity index is 160. The van der Waals surface area contributed by atoms with E-state index in [1.165, 1.54) is 12.0 Å². The molecule has 0 aliphatic rings. The quantitative estimate of drug-likeness (QED) is 0.328. The Balaban J connectivity index is 3.29. The van der Waals surface area contributed by atoms with Gasteiger partial charge >= 0.3 is 0 Å². The summed E-state index contributed by atoms with van der Waals surface area (Å²) in [7, 11) is 0. The second-order valence-corrected chi connectivity index (χ2v) is 2.92. The highest BCUT2D eigenvalue weighted by Gasteiger charge is 1.77. The molecule has 62 valence electrons. The van der Waals surface area contributed by atoms with Gasteiger partial charge in [-0.25, -0.2) is 0 Å². The Labute approximate surface area is 70.7 Å². The van der Waals surface area contributed by atoms with E-state index in [-0.39, 0.29) is 0 Å². The molecule has 0 aromatic carbocycles. The summed E-state index contributed by atoms with van der Waals surface area (Å²) in [5, 5.41) is 0. The third kappa shape index (κ3) is 9.30. The zero-order valence-electron chi connectivity index (χ0n) is 7.91. The Morgan fingerprint density at radius 2 is 1.82 bits per heavy atom. The fourth-order valence-corrected chi connectivity index (χ4v) is 0.735. The van der Waals surface area contributed by atoms with Crippen LogP contribution in [0.3, 0.4) is 0 Å². The van der Waals surface area contributed by atoms with E-state index in [9.17, 15) is 0 Å². The van der Waals surface area contributed by atoms with Crippen LogP contribution in [0, 0.1) is 11.8 Å². The predicted octanol–water partition coefficient (Wildman–Crippen LogP) is 3.54. The first-order valence-electron chi connectivity index (χ1n) is 4.36. The van der Waals surface area contributed by atoms with Crippen LogP contribution in [0.1, 0.15) is 46.5 Å². The van der Waals surface area contributed by atoms with E-state index < -0.39 is 0 Å². The standard InChI is InChI=1S/C11H18/c1-4-5-6-7-8-9-10-11(2)3/h10H,4-5,8-9H2,1-3H3. The van der Waals surface area contributed by atoms with Gasteiger partial charge in [-0.3, -0.25) is 0 Å². The zero-order valence-corrected chi connectivity index (χ0v) is 7.91. The molecule has 0 rings (SSSR count). The minimum absolute atomic E-state index is 1.02. The molecule has 0 nitrogen and oxygen atoms in total. The minimum atomic E-state index is 1.02. The lowest BCUT2D eigenvalue weighted by molar-refractivity contribution is 0.977. The summed E-state index contributed by atoms with van der Waals surface area (Å²) in [5.41, 5.74) is 1.39. The summed E-state index contributed by atoms with van der Waals surface area (Å²) < 4.78 is 0. The smallest absolute Gasteiger partial charge is 0.0123 e. The van der Waals surface area contributed by atoms with Gasteiger partial charge in [-0.05, 0) is 26.7 Å². The van der Waals surface area contributed by atoms with Crippen LogP contribution in [0.5, 0.6) is 0 Å². The highest BCUT2D eigenvalue weighted by atomic mass is 13.8. The second-order valence-electron chi connectivity index (χ2n) is 2.92. The lowest BCUT2D eigenvalue weighted by Gasteiger charge is -1.86. The third-order valence-corrected chi connectivity index (χ3v) is 1.32. The van der Waals surface area contributed by atoms with Crippen LogP contribution in [0.15, 0.2) is 11.6 Å². The first-order valence-corrected chi connectivity index (χ1v) is 4.36. The van der Waals surface area contributed by atoms with Crippen LogP contribution in [-0.4, -0.2) is 0 Å². The van der Waals surface area contributed by atoms with Crippen molar-refractivity contribution in [3.63, 3.8) is 0 Å². The van der Waals surface area contributed by atoms with E-state index in [0.717, 1.165) is 19.3 Å². The van der Waals surface area contributed by atoms with Crippen LogP contribution in [0.4, 0.5) is 0 Å². The van der Waals surface area contributed by atoms with Gasteiger partial charge < -0.3 is 0 Å². The molecule has 0 saturated carbocycles.